The first kappa shape index (κ1) is 22.1. The number of benzene rings is 2. The summed E-state index contributed by atoms with van der Waals surface area (Å²) in [6.07, 6.45) is 6.69. The van der Waals surface area contributed by atoms with E-state index in [-0.39, 0.29) is 0 Å². The molecule has 32 heavy (non-hydrogen) atoms. The maximum atomic E-state index is 5.85. The fraction of sp³-hybridized carbons (Fsp3) is 0.321. The molecule has 1 N–H and O–H groups in total. The second-order valence-corrected chi connectivity index (χ2v) is 8.45. The summed E-state index contributed by atoms with van der Waals surface area (Å²) in [6.45, 7) is 9.05. The fourth-order valence-electron chi connectivity index (χ4n) is 4.05. The minimum absolute atomic E-state index is 0.697. The smallest absolute Gasteiger partial charge is 0.213 e. The molecule has 0 unspecified atom stereocenters. The first-order valence-corrected chi connectivity index (χ1v) is 11.6. The summed E-state index contributed by atoms with van der Waals surface area (Å²) < 4.78 is 5.85. The topological polar surface area (TPSA) is 37.4 Å². The summed E-state index contributed by atoms with van der Waals surface area (Å²) in [5.41, 5.74) is 5.78. The van der Waals surface area contributed by atoms with Gasteiger partial charge in [0.25, 0.3) is 0 Å². The van der Waals surface area contributed by atoms with Crippen LogP contribution in [0.5, 0.6) is 5.88 Å². The van der Waals surface area contributed by atoms with Crippen molar-refractivity contribution >= 4 is 0 Å². The lowest BCUT2D eigenvalue weighted by Crippen LogP contribution is -2.33. The third-order valence-corrected chi connectivity index (χ3v) is 5.93. The Balaban J connectivity index is 1.23. The predicted molar refractivity (Wildman–Crippen MR) is 132 cm³/mol. The molecule has 0 saturated carbocycles. The summed E-state index contributed by atoms with van der Waals surface area (Å²) in [5, 5.41) is 3.42. The summed E-state index contributed by atoms with van der Waals surface area (Å²) in [5.74, 6) is 0.697. The largest absolute Gasteiger partial charge is 0.476 e. The normalized spacial score (nSPS) is 14.1. The molecule has 1 aromatic heterocycles. The van der Waals surface area contributed by atoms with Crippen LogP contribution in [-0.4, -0.2) is 36.1 Å². The van der Waals surface area contributed by atoms with E-state index in [1.54, 1.807) is 0 Å². The van der Waals surface area contributed by atoms with E-state index in [1.807, 2.05) is 18.3 Å². The highest BCUT2D eigenvalue weighted by molar-refractivity contribution is 5.63. The van der Waals surface area contributed by atoms with Crippen molar-refractivity contribution in [2.75, 3.05) is 26.2 Å². The van der Waals surface area contributed by atoms with E-state index in [1.165, 1.54) is 43.5 Å². The number of piperidine rings is 1. The summed E-state index contributed by atoms with van der Waals surface area (Å²) >= 11 is 0. The van der Waals surface area contributed by atoms with E-state index >= 15 is 0 Å². The Bertz CT molecular complexity index is 962. The summed E-state index contributed by atoms with van der Waals surface area (Å²) in [7, 11) is 0. The van der Waals surface area contributed by atoms with Crippen molar-refractivity contribution in [1.29, 1.82) is 0 Å². The zero-order valence-electron chi connectivity index (χ0n) is 18.8. The first-order chi connectivity index (χ1) is 15.8. The van der Waals surface area contributed by atoms with Crippen LogP contribution in [0.25, 0.3) is 11.1 Å². The van der Waals surface area contributed by atoms with Gasteiger partial charge in [0.15, 0.2) is 0 Å². The molecule has 0 atom stereocenters. The van der Waals surface area contributed by atoms with Gasteiger partial charge >= 0.3 is 0 Å². The number of nitrogens with zero attached hydrogens (tertiary/aromatic N) is 2. The molecule has 4 nitrogen and oxygen atoms in total. The molecule has 0 amide bonds. The van der Waals surface area contributed by atoms with Crippen LogP contribution in [0.2, 0.25) is 0 Å². The van der Waals surface area contributed by atoms with Crippen LogP contribution in [-0.2, 0) is 13.0 Å². The number of hydrogen-bond donors (Lipinski definition) is 1. The average Bonchev–Trinajstić information content (AvgIpc) is 2.85. The quantitative estimate of drug-likeness (QED) is 0.466. The highest BCUT2D eigenvalue weighted by Crippen LogP contribution is 2.21. The third-order valence-electron chi connectivity index (χ3n) is 5.93. The molecule has 2 aromatic carbocycles. The monoisotopic (exact) mass is 427 g/mol. The predicted octanol–water partition coefficient (Wildman–Crippen LogP) is 5.46. The number of hydrogen-bond acceptors (Lipinski definition) is 4. The zero-order valence-corrected chi connectivity index (χ0v) is 18.8. The molecule has 4 heteroatoms. The summed E-state index contributed by atoms with van der Waals surface area (Å²) in [4.78, 5) is 6.97. The lowest BCUT2D eigenvalue weighted by molar-refractivity contribution is 0.180. The number of allylic oxidation sites excluding steroid dienone is 1. The number of likely N-dealkylation sites (tertiary alicyclic amines) is 1. The van der Waals surface area contributed by atoms with Gasteiger partial charge in [-0.25, -0.2) is 4.98 Å². The molecule has 0 aliphatic carbocycles. The molecule has 0 bridgehead atoms. The van der Waals surface area contributed by atoms with Gasteiger partial charge in [-0.05, 0) is 48.7 Å². The maximum Gasteiger partial charge on any atom is 0.213 e. The molecule has 4 rings (SSSR count). The van der Waals surface area contributed by atoms with Crippen LogP contribution >= 0.6 is 0 Å². The van der Waals surface area contributed by atoms with Gasteiger partial charge in [0.05, 0.1) is 0 Å². The minimum Gasteiger partial charge on any atom is -0.476 e. The first-order valence-electron chi connectivity index (χ1n) is 11.6. The molecule has 1 aliphatic rings. The van der Waals surface area contributed by atoms with Gasteiger partial charge in [-0.2, -0.15) is 0 Å². The number of pyridine rings is 1. The molecule has 1 fully saturated rings. The van der Waals surface area contributed by atoms with E-state index in [9.17, 15) is 0 Å². The van der Waals surface area contributed by atoms with Gasteiger partial charge < -0.3 is 10.1 Å². The summed E-state index contributed by atoms with van der Waals surface area (Å²) in [6, 6.07) is 23.0. The second-order valence-electron chi connectivity index (χ2n) is 8.45. The molecule has 3 aromatic rings. The Hall–Kier alpha value is -3.11. The second kappa shape index (κ2) is 11.5. The van der Waals surface area contributed by atoms with Gasteiger partial charge in [-0.3, -0.25) is 4.90 Å². The van der Waals surface area contributed by atoms with E-state index in [0.717, 1.165) is 36.3 Å². The van der Waals surface area contributed by atoms with Crippen LogP contribution in [0.1, 0.15) is 30.4 Å². The molecule has 0 spiro atoms. The Kier molecular flexibility index (Phi) is 7.94. The van der Waals surface area contributed by atoms with Gasteiger partial charge in [0.2, 0.25) is 5.88 Å². The van der Waals surface area contributed by atoms with E-state index in [0.29, 0.717) is 12.5 Å². The van der Waals surface area contributed by atoms with Crippen molar-refractivity contribution in [2.24, 2.45) is 0 Å². The molecular weight excluding hydrogens is 394 g/mol. The number of aromatic nitrogens is 1. The van der Waals surface area contributed by atoms with E-state index in [4.69, 9.17) is 4.74 Å². The standard InChI is InChI=1S/C28H33N3O/c1-23(29-21-25-8-4-2-5-9-25)20-24-10-12-26(13-11-24)27-14-15-28(30-22-27)32-19-18-31-16-6-3-7-17-31/h2,4-5,8-15,22,29H,1,3,6-7,16-21H2. The lowest BCUT2D eigenvalue weighted by atomic mass is 10.0. The maximum absolute atomic E-state index is 5.85. The Morgan fingerprint density at radius 1 is 0.875 bits per heavy atom. The van der Waals surface area contributed by atoms with Gasteiger partial charge in [-0.1, -0.05) is 67.6 Å². The highest BCUT2D eigenvalue weighted by atomic mass is 16.5. The third kappa shape index (κ3) is 6.69. The molecule has 1 aliphatic heterocycles. The fourth-order valence-corrected chi connectivity index (χ4v) is 4.05. The Morgan fingerprint density at radius 2 is 1.62 bits per heavy atom. The van der Waals surface area contributed by atoms with Crippen LogP contribution in [0, 0.1) is 0 Å². The van der Waals surface area contributed by atoms with Crippen molar-refractivity contribution in [2.45, 2.75) is 32.2 Å². The van der Waals surface area contributed by atoms with Crippen LogP contribution in [0.15, 0.2) is 85.2 Å². The highest BCUT2D eigenvalue weighted by Gasteiger charge is 2.09. The molecule has 1 saturated heterocycles. The van der Waals surface area contributed by atoms with Crippen molar-refractivity contribution < 1.29 is 4.74 Å². The molecular formula is C28H33N3O. The van der Waals surface area contributed by atoms with Gasteiger partial charge in [0, 0.05) is 43.0 Å². The minimum atomic E-state index is 0.697. The van der Waals surface area contributed by atoms with E-state index < -0.39 is 0 Å². The Morgan fingerprint density at radius 3 is 2.34 bits per heavy atom. The molecule has 166 valence electrons. The van der Waals surface area contributed by atoms with Crippen molar-refractivity contribution in [1.82, 2.24) is 15.2 Å². The van der Waals surface area contributed by atoms with Crippen molar-refractivity contribution in [3.05, 3.63) is 96.3 Å². The van der Waals surface area contributed by atoms with Crippen molar-refractivity contribution in [3.63, 3.8) is 0 Å². The Labute approximate surface area is 192 Å². The SMILES string of the molecule is C=C(Cc1ccc(-c2ccc(OCCN3CCCCC3)nc2)cc1)NCc1ccccc1. The average molecular weight is 428 g/mol. The van der Waals surface area contributed by atoms with Crippen LogP contribution in [0.4, 0.5) is 0 Å². The number of ether oxygens (including phenoxy) is 1. The van der Waals surface area contributed by atoms with E-state index in [2.05, 4.69) is 76.4 Å². The van der Waals surface area contributed by atoms with Gasteiger partial charge in [0.1, 0.15) is 6.61 Å². The lowest BCUT2D eigenvalue weighted by Gasteiger charge is -2.26. The molecule has 0 radical (unpaired) electrons. The number of nitrogens with one attached hydrogen (secondary N) is 1. The van der Waals surface area contributed by atoms with Crippen LogP contribution < -0.4 is 10.1 Å². The number of rotatable bonds is 10. The van der Waals surface area contributed by atoms with Crippen molar-refractivity contribution in [3.8, 4) is 17.0 Å². The zero-order chi connectivity index (χ0) is 22.0. The van der Waals surface area contributed by atoms with Gasteiger partial charge in [-0.15, -0.1) is 0 Å². The molecule has 2 heterocycles. The van der Waals surface area contributed by atoms with Crippen LogP contribution in [0.3, 0.4) is 0 Å².